The fraction of sp³-hybridized carbons (Fsp3) is 0.400. The summed E-state index contributed by atoms with van der Waals surface area (Å²) in [6, 6.07) is 8.96. The van der Waals surface area contributed by atoms with Crippen LogP contribution in [-0.4, -0.2) is 56.9 Å². The van der Waals surface area contributed by atoms with E-state index in [1.54, 1.807) is 6.92 Å². The molecule has 128 valence electrons. The van der Waals surface area contributed by atoms with Crippen molar-refractivity contribution in [2.24, 2.45) is 0 Å². The van der Waals surface area contributed by atoms with E-state index in [-0.39, 0.29) is 19.1 Å². The minimum absolute atomic E-state index is 0.116. The highest BCUT2D eigenvalue weighted by atomic mass is 16.5. The second-order valence-electron chi connectivity index (χ2n) is 5.11. The summed E-state index contributed by atoms with van der Waals surface area (Å²) in [5.74, 6) is -0.769. The Morgan fingerprint density at radius 2 is 2.08 bits per heavy atom. The second kappa shape index (κ2) is 8.73. The van der Waals surface area contributed by atoms with Crippen LogP contribution in [0.3, 0.4) is 0 Å². The van der Waals surface area contributed by atoms with Crippen molar-refractivity contribution in [3.8, 4) is 0 Å². The molecule has 0 aliphatic carbocycles. The molecule has 1 unspecified atom stereocenters. The van der Waals surface area contributed by atoms with Gasteiger partial charge in [0, 0.05) is 13.0 Å². The van der Waals surface area contributed by atoms with Crippen molar-refractivity contribution in [3.63, 3.8) is 0 Å². The van der Waals surface area contributed by atoms with E-state index >= 15 is 0 Å². The summed E-state index contributed by atoms with van der Waals surface area (Å²) in [6.45, 7) is 1.65. The van der Waals surface area contributed by atoms with Gasteiger partial charge in [0.2, 0.25) is 5.91 Å². The minimum atomic E-state index is -1.05. The number of nitrogens with one attached hydrogen (secondary N) is 1. The van der Waals surface area contributed by atoms with Gasteiger partial charge in [-0.2, -0.15) is 0 Å². The predicted molar refractivity (Wildman–Crippen MR) is 83.2 cm³/mol. The largest absolute Gasteiger partial charge is 0.480 e. The van der Waals surface area contributed by atoms with Crippen molar-refractivity contribution in [2.75, 3.05) is 19.8 Å². The number of carboxylic acids is 1. The third kappa shape index (κ3) is 5.13. The van der Waals surface area contributed by atoms with Crippen molar-refractivity contribution in [2.45, 2.75) is 19.4 Å². The molecule has 0 fully saturated rings. The minimum Gasteiger partial charge on any atom is -0.480 e. The van der Waals surface area contributed by atoms with Gasteiger partial charge in [-0.3, -0.25) is 4.79 Å². The summed E-state index contributed by atoms with van der Waals surface area (Å²) in [7, 11) is 0. The molecule has 0 aliphatic heterocycles. The Hall–Kier alpha value is -2.81. The van der Waals surface area contributed by atoms with E-state index in [9.17, 15) is 9.59 Å². The van der Waals surface area contributed by atoms with Gasteiger partial charge in [-0.05, 0) is 22.9 Å². The number of carboxylic acid groups (broad SMARTS) is 1. The number of carbonyl (C=O) groups is 2. The van der Waals surface area contributed by atoms with Gasteiger partial charge in [-0.1, -0.05) is 30.3 Å². The van der Waals surface area contributed by atoms with Crippen LogP contribution in [0.4, 0.5) is 0 Å². The highest BCUT2D eigenvalue weighted by Crippen LogP contribution is 2.14. The first-order valence-corrected chi connectivity index (χ1v) is 7.43. The monoisotopic (exact) mass is 333 g/mol. The van der Waals surface area contributed by atoms with Crippen LogP contribution in [-0.2, 0) is 20.7 Å². The number of tetrazole rings is 1. The Morgan fingerprint density at radius 1 is 1.33 bits per heavy atom. The van der Waals surface area contributed by atoms with Crippen molar-refractivity contribution in [1.29, 1.82) is 0 Å². The van der Waals surface area contributed by atoms with Gasteiger partial charge >= 0.3 is 5.97 Å². The first-order valence-electron chi connectivity index (χ1n) is 7.43. The lowest BCUT2D eigenvalue weighted by Crippen LogP contribution is -2.37. The summed E-state index contributed by atoms with van der Waals surface area (Å²) in [5.41, 5.74) is 0.981. The van der Waals surface area contributed by atoms with Crippen LogP contribution in [0.15, 0.2) is 30.3 Å². The molecule has 1 aromatic heterocycles. The van der Waals surface area contributed by atoms with Crippen LogP contribution in [0.2, 0.25) is 0 Å². The van der Waals surface area contributed by atoms with Crippen LogP contribution < -0.4 is 5.32 Å². The SMILES string of the molecule is Cc1nnnn1C(Cc1ccccc1)C(=O)NCCOCC(=O)O. The van der Waals surface area contributed by atoms with Crippen LogP contribution in [0.25, 0.3) is 0 Å². The number of benzene rings is 1. The fourth-order valence-electron chi connectivity index (χ4n) is 2.18. The van der Waals surface area contributed by atoms with Gasteiger partial charge in [0.05, 0.1) is 6.61 Å². The average molecular weight is 333 g/mol. The topological polar surface area (TPSA) is 119 Å². The number of hydrogen-bond donors (Lipinski definition) is 2. The molecule has 9 heteroatoms. The molecule has 2 rings (SSSR count). The van der Waals surface area contributed by atoms with Crippen molar-refractivity contribution < 1.29 is 19.4 Å². The lowest BCUT2D eigenvalue weighted by molar-refractivity contribution is -0.142. The van der Waals surface area contributed by atoms with E-state index in [2.05, 4.69) is 20.8 Å². The average Bonchev–Trinajstić information content (AvgIpc) is 2.98. The highest BCUT2D eigenvalue weighted by Gasteiger charge is 2.23. The zero-order chi connectivity index (χ0) is 17.4. The number of aromatic nitrogens is 4. The van der Waals surface area contributed by atoms with Crippen molar-refractivity contribution in [1.82, 2.24) is 25.5 Å². The van der Waals surface area contributed by atoms with E-state index in [4.69, 9.17) is 9.84 Å². The molecule has 0 aliphatic rings. The standard InChI is InChI=1S/C15H19N5O4/c1-11-17-18-19-20(11)13(9-12-5-3-2-4-6-12)15(23)16-7-8-24-10-14(21)22/h2-6,13H,7-10H2,1H3,(H,16,23)(H,21,22). The Morgan fingerprint density at radius 3 is 2.71 bits per heavy atom. The molecule has 24 heavy (non-hydrogen) atoms. The molecular weight excluding hydrogens is 314 g/mol. The quantitative estimate of drug-likeness (QED) is 0.619. The van der Waals surface area contributed by atoms with E-state index in [0.717, 1.165) is 5.56 Å². The van der Waals surface area contributed by atoms with Gasteiger partial charge in [0.25, 0.3) is 0 Å². The number of aryl methyl sites for hydroxylation is 1. The van der Waals surface area contributed by atoms with Crippen molar-refractivity contribution >= 4 is 11.9 Å². The number of rotatable bonds is 9. The molecule has 1 aromatic carbocycles. The third-order valence-corrected chi connectivity index (χ3v) is 3.30. The molecule has 0 saturated carbocycles. The number of amides is 1. The lowest BCUT2D eigenvalue weighted by Gasteiger charge is -2.17. The van der Waals surface area contributed by atoms with E-state index < -0.39 is 18.6 Å². The van der Waals surface area contributed by atoms with Crippen LogP contribution in [0.5, 0.6) is 0 Å². The smallest absolute Gasteiger partial charge is 0.329 e. The number of ether oxygens (including phenoxy) is 1. The van der Waals surface area contributed by atoms with Crippen LogP contribution in [0, 0.1) is 6.92 Å². The molecule has 1 atom stereocenters. The second-order valence-corrected chi connectivity index (χ2v) is 5.11. The van der Waals surface area contributed by atoms with Gasteiger partial charge in [0.15, 0.2) is 0 Å². The number of aliphatic carboxylic acids is 1. The summed E-state index contributed by atoms with van der Waals surface area (Å²) >= 11 is 0. The first kappa shape index (κ1) is 17.5. The zero-order valence-corrected chi connectivity index (χ0v) is 13.3. The molecule has 1 amide bonds. The maximum Gasteiger partial charge on any atom is 0.329 e. The van der Waals surface area contributed by atoms with E-state index in [1.807, 2.05) is 30.3 Å². The van der Waals surface area contributed by atoms with Gasteiger partial charge < -0.3 is 15.2 Å². The third-order valence-electron chi connectivity index (χ3n) is 3.30. The van der Waals surface area contributed by atoms with Gasteiger partial charge in [-0.25, -0.2) is 9.48 Å². The maximum absolute atomic E-state index is 12.5. The molecule has 2 aromatic rings. The van der Waals surface area contributed by atoms with E-state index in [0.29, 0.717) is 12.2 Å². The van der Waals surface area contributed by atoms with Crippen molar-refractivity contribution in [3.05, 3.63) is 41.7 Å². The van der Waals surface area contributed by atoms with Gasteiger partial charge in [0.1, 0.15) is 18.5 Å². The fourth-order valence-corrected chi connectivity index (χ4v) is 2.18. The molecular formula is C15H19N5O4. The van der Waals surface area contributed by atoms with Crippen LogP contribution >= 0.6 is 0 Å². The number of hydrogen-bond acceptors (Lipinski definition) is 6. The Bertz CT molecular complexity index is 674. The molecule has 0 spiro atoms. The molecule has 9 nitrogen and oxygen atoms in total. The van der Waals surface area contributed by atoms with Crippen LogP contribution in [0.1, 0.15) is 17.4 Å². The lowest BCUT2D eigenvalue weighted by atomic mass is 10.1. The predicted octanol–water partition coefficient (Wildman–Crippen LogP) is -0.0173. The zero-order valence-electron chi connectivity index (χ0n) is 13.3. The van der Waals surface area contributed by atoms with E-state index in [1.165, 1.54) is 4.68 Å². The summed E-state index contributed by atoms with van der Waals surface area (Å²) in [6.07, 6.45) is 0.439. The molecule has 2 N–H and O–H groups in total. The summed E-state index contributed by atoms with van der Waals surface area (Å²) in [4.78, 5) is 22.9. The molecule has 1 heterocycles. The summed E-state index contributed by atoms with van der Waals surface area (Å²) in [5, 5.41) is 22.5. The Balaban J connectivity index is 1.99. The number of carbonyl (C=O) groups excluding carboxylic acids is 1. The number of nitrogens with zero attached hydrogens (tertiary/aromatic N) is 4. The maximum atomic E-state index is 12.5. The van der Waals surface area contributed by atoms with Gasteiger partial charge in [-0.15, -0.1) is 5.10 Å². The molecule has 0 saturated heterocycles. The molecule has 0 bridgehead atoms. The normalized spacial score (nSPS) is 11.9. The highest BCUT2D eigenvalue weighted by molar-refractivity contribution is 5.80. The Labute approximate surface area is 138 Å². The molecule has 0 radical (unpaired) electrons. The first-order chi connectivity index (χ1) is 11.6. The summed E-state index contributed by atoms with van der Waals surface area (Å²) < 4.78 is 6.37. The Kier molecular flexibility index (Phi) is 6.38.